The largest absolute Gasteiger partial charge is 0.399 e. The molecule has 0 aromatic heterocycles. The summed E-state index contributed by atoms with van der Waals surface area (Å²) in [6, 6.07) is 6.93. The van der Waals surface area contributed by atoms with E-state index in [-0.39, 0.29) is 0 Å². The monoisotopic (exact) mass is 441 g/mol. The molecule has 3 N–H and O–H groups in total. The van der Waals surface area contributed by atoms with Crippen molar-refractivity contribution in [3.8, 4) is 0 Å². The van der Waals surface area contributed by atoms with Gasteiger partial charge in [-0.25, -0.2) is 0 Å². The average molecular weight is 442 g/mol. The van der Waals surface area contributed by atoms with Gasteiger partial charge in [0.15, 0.2) is 0 Å². The van der Waals surface area contributed by atoms with Crippen molar-refractivity contribution in [3.63, 3.8) is 0 Å². The maximum atomic E-state index is 6.74. The third kappa shape index (κ3) is 5.00. The van der Waals surface area contributed by atoms with Crippen molar-refractivity contribution in [1.82, 2.24) is 19.7 Å². The zero-order valence-electron chi connectivity index (χ0n) is 20.6. The quantitative estimate of drug-likeness (QED) is 0.572. The average Bonchev–Trinajstić information content (AvgIpc) is 2.98. The molecular formula is C25H43N7. The van der Waals surface area contributed by atoms with E-state index < -0.39 is 0 Å². The van der Waals surface area contributed by atoms with Crippen molar-refractivity contribution in [1.29, 1.82) is 0 Å². The number of piperazine rings is 1. The summed E-state index contributed by atoms with van der Waals surface area (Å²) in [5.74, 6) is 0. The molecule has 1 saturated heterocycles. The Kier molecular flexibility index (Phi) is 7.48. The zero-order valence-corrected chi connectivity index (χ0v) is 20.6. The van der Waals surface area contributed by atoms with Gasteiger partial charge >= 0.3 is 0 Å². The topological polar surface area (TPSA) is 54.3 Å². The van der Waals surface area contributed by atoms with Crippen molar-refractivity contribution < 1.29 is 0 Å². The normalized spacial score (nSPS) is 23.5. The summed E-state index contributed by atoms with van der Waals surface area (Å²) in [5.41, 5.74) is 16.5. The maximum absolute atomic E-state index is 6.74. The van der Waals surface area contributed by atoms with E-state index in [1.54, 1.807) is 0 Å². The van der Waals surface area contributed by atoms with Crippen molar-refractivity contribution in [2.45, 2.75) is 45.2 Å². The number of hydrazine groups is 1. The zero-order chi connectivity index (χ0) is 22.7. The van der Waals surface area contributed by atoms with Gasteiger partial charge in [0.2, 0.25) is 0 Å². The molecule has 2 atom stereocenters. The molecule has 1 aromatic rings. The van der Waals surface area contributed by atoms with Crippen LogP contribution in [0, 0.1) is 0 Å². The van der Waals surface area contributed by atoms with Crippen molar-refractivity contribution in [2.24, 2.45) is 5.73 Å². The fourth-order valence-corrected chi connectivity index (χ4v) is 5.22. The molecule has 7 nitrogen and oxygen atoms in total. The number of unbranched alkanes of at least 4 members (excludes halogenated alkanes) is 2. The SMILES string of the molecule is CCCCC1N2CC(N)=C(c3cc(N4CCN(C)CC4)ccc3N2)N1CCCCN(C)C. The van der Waals surface area contributed by atoms with Crippen LogP contribution >= 0.6 is 0 Å². The third-order valence-corrected chi connectivity index (χ3v) is 7.11. The van der Waals surface area contributed by atoms with E-state index in [0.717, 1.165) is 57.9 Å². The molecule has 0 saturated carbocycles. The van der Waals surface area contributed by atoms with Crippen LogP contribution in [0.1, 0.15) is 44.6 Å². The van der Waals surface area contributed by atoms with Gasteiger partial charge in [0.25, 0.3) is 0 Å². The summed E-state index contributed by atoms with van der Waals surface area (Å²) >= 11 is 0. The van der Waals surface area contributed by atoms with Crippen LogP contribution in [0.2, 0.25) is 0 Å². The van der Waals surface area contributed by atoms with Gasteiger partial charge in [-0.1, -0.05) is 19.8 Å². The second kappa shape index (κ2) is 10.3. The molecule has 0 spiro atoms. The van der Waals surface area contributed by atoms with Crippen LogP contribution in [0.25, 0.3) is 5.70 Å². The van der Waals surface area contributed by atoms with Gasteiger partial charge in [0.05, 0.1) is 24.1 Å². The number of nitrogens with two attached hydrogens (primary N) is 1. The molecule has 0 amide bonds. The van der Waals surface area contributed by atoms with Gasteiger partial charge in [-0.15, -0.1) is 0 Å². The number of hydrogen-bond acceptors (Lipinski definition) is 7. The van der Waals surface area contributed by atoms with E-state index in [2.05, 4.69) is 76.3 Å². The lowest BCUT2D eigenvalue weighted by molar-refractivity contribution is 0.0930. The molecule has 178 valence electrons. The first kappa shape index (κ1) is 23.2. The molecule has 5 rings (SSSR count). The van der Waals surface area contributed by atoms with E-state index in [1.807, 2.05) is 0 Å². The van der Waals surface area contributed by atoms with Gasteiger partial charge < -0.3 is 30.8 Å². The molecule has 0 aliphatic carbocycles. The molecule has 2 bridgehead atoms. The highest BCUT2D eigenvalue weighted by molar-refractivity contribution is 5.82. The molecule has 1 fully saturated rings. The van der Waals surface area contributed by atoms with E-state index in [4.69, 9.17) is 5.73 Å². The molecule has 4 aliphatic rings. The maximum Gasteiger partial charge on any atom is 0.0999 e. The minimum absolute atomic E-state index is 0.357. The van der Waals surface area contributed by atoms with Crippen LogP contribution in [0.3, 0.4) is 0 Å². The fourth-order valence-electron chi connectivity index (χ4n) is 5.22. The van der Waals surface area contributed by atoms with Crippen LogP contribution in [0.15, 0.2) is 23.9 Å². The predicted octanol–water partition coefficient (Wildman–Crippen LogP) is 2.88. The van der Waals surface area contributed by atoms with Gasteiger partial charge in [-0.2, -0.15) is 5.01 Å². The van der Waals surface area contributed by atoms with Crippen molar-refractivity contribution >= 4 is 17.1 Å². The number of anilines is 2. The molecule has 7 heteroatoms. The molecule has 32 heavy (non-hydrogen) atoms. The lowest BCUT2D eigenvalue weighted by atomic mass is 10.0. The Bertz CT molecular complexity index is 797. The number of benzene rings is 1. The number of nitrogens with zero attached hydrogens (tertiary/aromatic N) is 5. The Balaban J connectivity index is 1.62. The summed E-state index contributed by atoms with van der Waals surface area (Å²) in [6.07, 6.45) is 6.35. The number of rotatable bonds is 9. The molecule has 0 radical (unpaired) electrons. The summed E-state index contributed by atoms with van der Waals surface area (Å²) in [5, 5.41) is 2.38. The highest BCUT2D eigenvalue weighted by Gasteiger charge is 2.38. The number of likely N-dealkylation sites (N-methyl/N-ethyl adjacent to an activating group) is 1. The Morgan fingerprint density at radius 1 is 1.09 bits per heavy atom. The van der Waals surface area contributed by atoms with Crippen LogP contribution in [0.5, 0.6) is 0 Å². The molecule has 4 aliphatic heterocycles. The number of nitrogens with one attached hydrogen (secondary N) is 1. The third-order valence-electron chi connectivity index (χ3n) is 7.11. The van der Waals surface area contributed by atoms with E-state index in [9.17, 15) is 0 Å². The first-order valence-electron chi connectivity index (χ1n) is 12.5. The highest BCUT2D eigenvalue weighted by Crippen LogP contribution is 2.41. The molecule has 4 heterocycles. The minimum Gasteiger partial charge on any atom is -0.399 e. The Hall–Kier alpha value is -1.96. The van der Waals surface area contributed by atoms with Gasteiger partial charge in [-0.3, -0.25) is 0 Å². The smallest absolute Gasteiger partial charge is 0.0999 e. The summed E-state index contributed by atoms with van der Waals surface area (Å²) < 4.78 is 0. The van der Waals surface area contributed by atoms with Gasteiger partial charge in [0, 0.05) is 49.7 Å². The van der Waals surface area contributed by atoms with Crippen molar-refractivity contribution in [3.05, 3.63) is 29.5 Å². The Labute approximate surface area is 194 Å². The van der Waals surface area contributed by atoms with Crippen LogP contribution in [0.4, 0.5) is 11.4 Å². The number of hydrogen-bond donors (Lipinski definition) is 2. The fraction of sp³-hybridized carbons (Fsp3) is 0.680. The van der Waals surface area contributed by atoms with Crippen LogP contribution < -0.4 is 16.1 Å². The second-order valence-corrected chi connectivity index (χ2v) is 9.96. The first-order chi connectivity index (χ1) is 15.5. The number of fused-ring (bicyclic) bond motifs is 2. The Morgan fingerprint density at radius 2 is 1.88 bits per heavy atom. The summed E-state index contributed by atoms with van der Waals surface area (Å²) in [6.45, 7) is 9.65. The minimum atomic E-state index is 0.357. The van der Waals surface area contributed by atoms with E-state index >= 15 is 0 Å². The molecule has 1 aromatic carbocycles. The van der Waals surface area contributed by atoms with Crippen molar-refractivity contribution in [2.75, 3.05) is 77.3 Å². The van der Waals surface area contributed by atoms with Crippen LogP contribution in [-0.4, -0.2) is 92.8 Å². The van der Waals surface area contributed by atoms with Gasteiger partial charge in [-0.05, 0) is 65.1 Å². The van der Waals surface area contributed by atoms with E-state index in [0.29, 0.717) is 6.17 Å². The standard InChI is InChI=1S/C25H43N7/c1-5-6-9-24-31(13-8-7-12-28(2)3)25-21-18-20(30-16-14-29(4)15-17-30)10-11-23(21)27-32(24)19-22(25)26/h10-11,18,24,27H,5-9,12-17,19,26H2,1-4H3. The Morgan fingerprint density at radius 3 is 2.59 bits per heavy atom. The first-order valence-corrected chi connectivity index (χ1v) is 12.5. The highest BCUT2D eigenvalue weighted by atomic mass is 15.6. The predicted molar refractivity (Wildman–Crippen MR) is 135 cm³/mol. The lowest BCUT2D eigenvalue weighted by Crippen LogP contribution is -2.53. The summed E-state index contributed by atoms with van der Waals surface area (Å²) in [4.78, 5) is 9.81. The lowest BCUT2D eigenvalue weighted by Gasteiger charge is -2.44. The molecule has 2 unspecified atom stereocenters. The molecular weight excluding hydrogens is 398 g/mol. The van der Waals surface area contributed by atoms with Crippen LogP contribution in [-0.2, 0) is 0 Å². The van der Waals surface area contributed by atoms with Gasteiger partial charge in [0.1, 0.15) is 0 Å². The second-order valence-electron chi connectivity index (χ2n) is 9.96. The summed E-state index contributed by atoms with van der Waals surface area (Å²) in [7, 11) is 6.52. The van der Waals surface area contributed by atoms with E-state index in [1.165, 1.54) is 48.3 Å².